The van der Waals surface area contributed by atoms with Gasteiger partial charge in [-0.3, -0.25) is 9.35 Å². The molecular formula is C9H18O5S. The van der Waals surface area contributed by atoms with Crippen LogP contribution in [0.4, 0.5) is 0 Å². The number of rotatable bonds is 8. The lowest BCUT2D eigenvalue weighted by molar-refractivity contribution is -0.143. The zero-order chi connectivity index (χ0) is 11.7. The normalized spacial score (nSPS) is 11.3. The fourth-order valence-corrected chi connectivity index (χ4v) is 1.53. The minimum atomic E-state index is -3.88. The molecule has 0 aromatic carbocycles. The standard InChI is InChI=1S/C9H18O5S/c1-2-3-6-9(10)14-7-4-5-8-15(11,12)13/h2-8H2,1H3,(H,11,12,13). The van der Waals surface area contributed by atoms with E-state index < -0.39 is 10.1 Å². The van der Waals surface area contributed by atoms with Crippen molar-refractivity contribution in [3.63, 3.8) is 0 Å². The van der Waals surface area contributed by atoms with E-state index >= 15 is 0 Å². The molecule has 15 heavy (non-hydrogen) atoms. The molecule has 0 aliphatic carbocycles. The third-order valence-electron chi connectivity index (χ3n) is 1.79. The van der Waals surface area contributed by atoms with E-state index in [-0.39, 0.29) is 18.3 Å². The molecule has 0 rings (SSSR count). The number of unbranched alkanes of at least 4 members (excludes halogenated alkanes) is 2. The Bertz CT molecular complexity index is 270. The second-order valence-corrected chi connectivity index (χ2v) is 4.89. The first kappa shape index (κ1) is 14.4. The van der Waals surface area contributed by atoms with E-state index in [1.807, 2.05) is 6.92 Å². The van der Waals surface area contributed by atoms with Gasteiger partial charge >= 0.3 is 5.97 Å². The Labute approximate surface area is 90.6 Å². The van der Waals surface area contributed by atoms with Crippen LogP contribution in [0.1, 0.15) is 39.0 Å². The molecule has 5 nitrogen and oxygen atoms in total. The minimum Gasteiger partial charge on any atom is -0.466 e. The Balaban J connectivity index is 3.35. The van der Waals surface area contributed by atoms with Gasteiger partial charge in [-0.15, -0.1) is 0 Å². The van der Waals surface area contributed by atoms with Gasteiger partial charge in [0.2, 0.25) is 0 Å². The average molecular weight is 238 g/mol. The van der Waals surface area contributed by atoms with Gasteiger partial charge in [0.1, 0.15) is 0 Å². The third-order valence-corrected chi connectivity index (χ3v) is 2.60. The van der Waals surface area contributed by atoms with Gasteiger partial charge in [0.15, 0.2) is 0 Å². The van der Waals surface area contributed by atoms with Crippen LogP contribution in [0, 0.1) is 0 Å². The maximum Gasteiger partial charge on any atom is 0.305 e. The molecule has 0 aliphatic rings. The van der Waals surface area contributed by atoms with Crippen molar-refractivity contribution in [2.45, 2.75) is 39.0 Å². The van der Waals surface area contributed by atoms with Crippen LogP contribution in [-0.4, -0.2) is 31.3 Å². The van der Waals surface area contributed by atoms with Crippen LogP contribution in [0.25, 0.3) is 0 Å². The first-order valence-electron chi connectivity index (χ1n) is 5.06. The van der Waals surface area contributed by atoms with Gasteiger partial charge in [-0.05, 0) is 19.3 Å². The highest BCUT2D eigenvalue weighted by molar-refractivity contribution is 7.85. The highest BCUT2D eigenvalue weighted by Gasteiger charge is 2.05. The Morgan fingerprint density at radius 3 is 2.47 bits per heavy atom. The highest BCUT2D eigenvalue weighted by atomic mass is 32.2. The van der Waals surface area contributed by atoms with Crippen molar-refractivity contribution in [1.82, 2.24) is 0 Å². The third kappa shape index (κ3) is 11.3. The zero-order valence-electron chi connectivity index (χ0n) is 8.94. The molecule has 0 aromatic rings. The van der Waals surface area contributed by atoms with Crippen LogP contribution in [0.15, 0.2) is 0 Å². The number of carbonyl (C=O) groups is 1. The maximum absolute atomic E-state index is 11.0. The van der Waals surface area contributed by atoms with Crippen molar-refractivity contribution in [1.29, 1.82) is 0 Å². The molecule has 0 radical (unpaired) electrons. The monoisotopic (exact) mass is 238 g/mol. The van der Waals surface area contributed by atoms with Gasteiger partial charge in [-0.1, -0.05) is 13.3 Å². The molecule has 0 aliphatic heterocycles. The molecule has 0 aromatic heterocycles. The molecule has 0 heterocycles. The first-order chi connectivity index (χ1) is 6.95. The van der Waals surface area contributed by atoms with Crippen molar-refractivity contribution >= 4 is 16.1 Å². The van der Waals surface area contributed by atoms with E-state index in [9.17, 15) is 13.2 Å². The quantitative estimate of drug-likeness (QED) is 0.392. The molecule has 6 heteroatoms. The summed E-state index contributed by atoms with van der Waals surface area (Å²) < 4.78 is 33.9. The Hall–Kier alpha value is -0.620. The van der Waals surface area contributed by atoms with Crippen molar-refractivity contribution in [2.75, 3.05) is 12.4 Å². The van der Waals surface area contributed by atoms with E-state index in [0.29, 0.717) is 19.3 Å². The summed E-state index contributed by atoms with van der Waals surface area (Å²) in [6, 6.07) is 0. The molecular weight excluding hydrogens is 220 g/mol. The first-order valence-corrected chi connectivity index (χ1v) is 6.67. The van der Waals surface area contributed by atoms with E-state index in [4.69, 9.17) is 9.29 Å². The Morgan fingerprint density at radius 2 is 1.93 bits per heavy atom. The maximum atomic E-state index is 11.0. The van der Waals surface area contributed by atoms with Gasteiger partial charge < -0.3 is 4.74 Å². The lowest BCUT2D eigenvalue weighted by Crippen LogP contribution is -2.08. The summed E-state index contributed by atoms with van der Waals surface area (Å²) in [5.74, 6) is -0.525. The lowest BCUT2D eigenvalue weighted by atomic mass is 10.2. The van der Waals surface area contributed by atoms with E-state index in [0.717, 1.165) is 12.8 Å². The van der Waals surface area contributed by atoms with Gasteiger partial charge in [0.05, 0.1) is 12.4 Å². The van der Waals surface area contributed by atoms with Gasteiger partial charge in [0.25, 0.3) is 10.1 Å². The summed E-state index contributed by atoms with van der Waals surface area (Å²) in [6.45, 7) is 2.21. The van der Waals surface area contributed by atoms with Crippen LogP contribution in [0.3, 0.4) is 0 Å². The number of carbonyl (C=O) groups excluding carboxylic acids is 1. The van der Waals surface area contributed by atoms with Crippen molar-refractivity contribution in [2.24, 2.45) is 0 Å². The number of hydrogen-bond donors (Lipinski definition) is 1. The molecule has 0 amide bonds. The summed E-state index contributed by atoms with van der Waals surface area (Å²) in [7, 11) is -3.88. The number of ether oxygens (including phenoxy) is 1. The second kappa shape index (κ2) is 7.64. The molecule has 90 valence electrons. The summed E-state index contributed by atoms with van der Waals surface area (Å²) in [5.41, 5.74) is 0. The highest BCUT2D eigenvalue weighted by Crippen LogP contribution is 1.99. The van der Waals surface area contributed by atoms with Crippen LogP contribution >= 0.6 is 0 Å². The molecule has 0 spiro atoms. The SMILES string of the molecule is CCCCC(=O)OCCCCS(=O)(=O)O. The summed E-state index contributed by atoms with van der Waals surface area (Å²) in [4.78, 5) is 11.0. The van der Waals surface area contributed by atoms with Crippen LogP contribution < -0.4 is 0 Å². The fourth-order valence-electron chi connectivity index (χ4n) is 0.966. The second-order valence-electron chi connectivity index (χ2n) is 3.32. The van der Waals surface area contributed by atoms with Gasteiger partial charge in [-0.25, -0.2) is 0 Å². The lowest BCUT2D eigenvalue weighted by Gasteiger charge is -2.03. The molecule has 1 N–H and O–H groups in total. The summed E-state index contributed by atoms with van der Waals surface area (Å²) >= 11 is 0. The fraction of sp³-hybridized carbons (Fsp3) is 0.889. The molecule has 0 unspecified atom stereocenters. The van der Waals surface area contributed by atoms with E-state index in [2.05, 4.69) is 0 Å². The molecule has 0 saturated carbocycles. The average Bonchev–Trinajstić information content (AvgIpc) is 2.12. The van der Waals surface area contributed by atoms with Crippen molar-refractivity contribution < 1.29 is 22.5 Å². The smallest absolute Gasteiger partial charge is 0.305 e. The van der Waals surface area contributed by atoms with Crippen molar-refractivity contribution in [3.05, 3.63) is 0 Å². The number of hydrogen-bond acceptors (Lipinski definition) is 4. The molecule has 0 atom stereocenters. The molecule has 0 fully saturated rings. The Kier molecular flexibility index (Phi) is 7.33. The van der Waals surface area contributed by atoms with Crippen LogP contribution in [0.2, 0.25) is 0 Å². The zero-order valence-corrected chi connectivity index (χ0v) is 9.75. The predicted octanol–water partition coefficient (Wildman–Crippen LogP) is 1.39. The van der Waals surface area contributed by atoms with Gasteiger partial charge in [-0.2, -0.15) is 8.42 Å². The van der Waals surface area contributed by atoms with Crippen molar-refractivity contribution in [3.8, 4) is 0 Å². The van der Waals surface area contributed by atoms with Gasteiger partial charge in [0, 0.05) is 6.42 Å². The topological polar surface area (TPSA) is 80.7 Å². The van der Waals surface area contributed by atoms with E-state index in [1.165, 1.54) is 0 Å². The number of esters is 1. The summed E-state index contributed by atoms with van der Waals surface area (Å²) in [6.07, 6.45) is 2.92. The minimum absolute atomic E-state index is 0.220. The van der Waals surface area contributed by atoms with Crippen LogP contribution in [-0.2, 0) is 19.6 Å². The molecule has 0 bridgehead atoms. The predicted molar refractivity (Wildman–Crippen MR) is 56.1 cm³/mol. The van der Waals surface area contributed by atoms with Crippen LogP contribution in [0.5, 0.6) is 0 Å². The Morgan fingerprint density at radius 1 is 1.27 bits per heavy atom. The molecule has 0 saturated heterocycles. The summed E-state index contributed by atoms with van der Waals surface area (Å²) in [5, 5.41) is 0. The largest absolute Gasteiger partial charge is 0.466 e. The van der Waals surface area contributed by atoms with E-state index in [1.54, 1.807) is 0 Å².